The predicted molar refractivity (Wildman–Crippen MR) is 153 cm³/mol. The summed E-state index contributed by atoms with van der Waals surface area (Å²) < 4.78 is 26.3. The van der Waals surface area contributed by atoms with Crippen molar-refractivity contribution in [3.63, 3.8) is 0 Å². The minimum absolute atomic E-state index is 0.0567. The van der Waals surface area contributed by atoms with Crippen LogP contribution < -0.4 is 19.8 Å². The molecule has 1 aliphatic rings. The first-order valence-corrected chi connectivity index (χ1v) is 13.3. The van der Waals surface area contributed by atoms with Crippen LogP contribution in [0.25, 0.3) is 0 Å². The van der Waals surface area contributed by atoms with Crippen LogP contribution in [0.1, 0.15) is 30.0 Å². The Hall–Kier alpha value is -3.98. The van der Waals surface area contributed by atoms with E-state index in [9.17, 15) is 14.0 Å². The van der Waals surface area contributed by atoms with Gasteiger partial charge >= 0.3 is 0 Å². The second-order valence-corrected chi connectivity index (χ2v) is 9.88. The highest BCUT2D eigenvalue weighted by molar-refractivity contribution is 9.10. The van der Waals surface area contributed by atoms with Gasteiger partial charge in [-0.15, -0.1) is 6.58 Å². The number of anilines is 1. The summed E-state index contributed by atoms with van der Waals surface area (Å²) in [4.78, 5) is 26.6. The number of carbonyl (C=O) groups is 2. The minimum Gasteiger partial charge on any atom is -0.490 e. The van der Waals surface area contributed by atoms with E-state index in [1.807, 2.05) is 37.3 Å². The molecule has 0 saturated carbocycles. The maximum Gasteiger partial charge on any atom is 0.245 e. The molecule has 39 heavy (non-hydrogen) atoms. The van der Waals surface area contributed by atoms with Crippen molar-refractivity contribution >= 4 is 39.6 Å². The first-order valence-electron chi connectivity index (χ1n) is 12.5. The molecule has 1 atom stereocenters. The smallest absolute Gasteiger partial charge is 0.245 e. The zero-order valence-electron chi connectivity index (χ0n) is 21.5. The molecule has 1 aliphatic heterocycles. The van der Waals surface area contributed by atoms with Crippen molar-refractivity contribution in [1.82, 2.24) is 5.43 Å². The van der Waals surface area contributed by atoms with Crippen LogP contribution in [0.5, 0.6) is 11.5 Å². The molecule has 0 bridgehead atoms. The third kappa shape index (κ3) is 7.32. The number of amides is 2. The molecular formula is C30H29BrFN3O4. The van der Waals surface area contributed by atoms with Crippen molar-refractivity contribution in [3.05, 3.63) is 100 Å². The highest BCUT2D eigenvalue weighted by Crippen LogP contribution is 2.34. The summed E-state index contributed by atoms with van der Waals surface area (Å²) in [6, 6.07) is 17.2. The normalized spacial score (nSPS) is 15.0. The molecule has 0 aliphatic carbocycles. The number of nitrogens with one attached hydrogen (secondary N) is 1. The molecule has 4 rings (SSSR count). The van der Waals surface area contributed by atoms with E-state index in [-0.39, 0.29) is 30.6 Å². The van der Waals surface area contributed by atoms with E-state index in [0.717, 1.165) is 15.6 Å². The number of ether oxygens (including phenoxy) is 2. The van der Waals surface area contributed by atoms with Crippen molar-refractivity contribution in [2.75, 3.05) is 18.1 Å². The Morgan fingerprint density at radius 3 is 2.62 bits per heavy atom. The van der Waals surface area contributed by atoms with Crippen LogP contribution in [-0.4, -0.2) is 31.2 Å². The lowest BCUT2D eigenvalue weighted by Gasteiger charge is -2.17. The molecule has 9 heteroatoms. The van der Waals surface area contributed by atoms with Crippen LogP contribution in [-0.2, 0) is 22.6 Å². The topological polar surface area (TPSA) is 80.2 Å². The van der Waals surface area contributed by atoms with Crippen LogP contribution in [0.3, 0.4) is 0 Å². The van der Waals surface area contributed by atoms with Gasteiger partial charge in [0.25, 0.3) is 0 Å². The molecule has 0 spiro atoms. The third-order valence-electron chi connectivity index (χ3n) is 6.14. The van der Waals surface area contributed by atoms with Gasteiger partial charge < -0.3 is 14.4 Å². The summed E-state index contributed by atoms with van der Waals surface area (Å²) in [5.41, 5.74) is 5.69. The number of rotatable bonds is 11. The van der Waals surface area contributed by atoms with Crippen molar-refractivity contribution in [1.29, 1.82) is 0 Å². The van der Waals surface area contributed by atoms with Gasteiger partial charge in [0.1, 0.15) is 12.4 Å². The summed E-state index contributed by atoms with van der Waals surface area (Å²) in [5, 5.41) is 4.12. The summed E-state index contributed by atoms with van der Waals surface area (Å²) in [7, 11) is 0. The van der Waals surface area contributed by atoms with Crippen molar-refractivity contribution in [2.45, 2.75) is 26.4 Å². The SMILES string of the molecule is C=CCc1cc(/C=N\NC(=O)[C@@H]2CC(=O)N(c3ccc(F)cc3)C2)cc(OCC)c1OCc1ccc(Br)cc1. The molecule has 1 heterocycles. The van der Waals surface area contributed by atoms with Gasteiger partial charge in [0.15, 0.2) is 11.5 Å². The molecule has 7 nitrogen and oxygen atoms in total. The molecular weight excluding hydrogens is 565 g/mol. The van der Waals surface area contributed by atoms with E-state index in [1.165, 1.54) is 35.4 Å². The first-order chi connectivity index (χ1) is 18.9. The number of allylic oxidation sites excluding steroid dienone is 1. The number of benzene rings is 3. The zero-order chi connectivity index (χ0) is 27.8. The third-order valence-corrected chi connectivity index (χ3v) is 6.67. The van der Waals surface area contributed by atoms with Gasteiger partial charge in [0.2, 0.25) is 11.8 Å². The lowest BCUT2D eigenvalue weighted by atomic mass is 10.1. The highest BCUT2D eigenvalue weighted by atomic mass is 79.9. The quantitative estimate of drug-likeness (QED) is 0.173. The van der Waals surface area contributed by atoms with Crippen LogP contribution in [0.2, 0.25) is 0 Å². The van der Waals surface area contributed by atoms with E-state index in [0.29, 0.717) is 42.4 Å². The fraction of sp³-hybridized carbons (Fsp3) is 0.233. The van der Waals surface area contributed by atoms with Crippen molar-refractivity contribution in [2.24, 2.45) is 11.0 Å². The number of hydrazone groups is 1. The summed E-state index contributed by atoms with van der Waals surface area (Å²) in [5.74, 6) is -0.314. The van der Waals surface area contributed by atoms with E-state index in [2.05, 4.69) is 33.0 Å². The van der Waals surface area contributed by atoms with Gasteiger partial charge in [0, 0.05) is 28.7 Å². The number of nitrogens with zero attached hydrogens (tertiary/aromatic N) is 2. The average Bonchev–Trinajstić information content (AvgIpc) is 3.31. The fourth-order valence-corrected chi connectivity index (χ4v) is 4.51. The Morgan fingerprint density at radius 1 is 1.18 bits per heavy atom. The maximum absolute atomic E-state index is 13.2. The average molecular weight is 594 g/mol. The van der Waals surface area contributed by atoms with Crippen LogP contribution >= 0.6 is 15.9 Å². The molecule has 3 aromatic rings. The minimum atomic E-state index is -0.565. The Balaban J connectivity index is 1.44. The second kappa shape index (κ2) is 13.2. The first kappa shape index (κ1) is 28.0. The standard InChI is InChI=1S/C30H29BrFN3O4/c1-3-5-22-14-21(15-27(38-4-2)29(22)39-19-20-6-8-24(31)9-7-20)17-33-34-30(37)23-16-28(36)35(18-23)26-12-10-25(32)11-13-26/h3,6-15,17,23H,1,4-5,16,18-19H2,2H3,(H,34,37)/b33-17-/t23-/m1/s1. The Kier molecular flexibility index (Phi) is 9.49. The Morgan fingerprint density at radius 2 is 1.92 bits per heavy atom. The molecule has 3 aromatic carbocycles. The van der Waals surface area contributed by atoms with Crippen LogP contribution in [0.15, 0.2) is 82.9 Å². The summed E-state index contributed by atoms with van der Waals surface area (Å²) in [6.45, 7) is 6.77. The van der Waals surface area contributed by atoms with E-state index in [1.54, 1.807) is 12.1 Å². The Bertz CT molecular complexity index is 1360. The van der Waals surface area contributed by atoms with E-state index < -0.39 is 5.92 Å². The molecule has 0 unspecified atom stereocenters. The maximum atomic E-state index is 13.2. The molecule has 0 radical (unpaired) electrons. The molecule has 1 N–H and O–H groups in total. The molecule has 0 aromatic heterocycles. The summed E-state index contributed by atoms with van der Waals surface area (Å²) >= 11 is 3.44. The number of hydrogen-bond donors (Lipinski definition) is 1. The second-order valence-electron chi connectivity index (χ2n) is 8.96. The summed E-state index contributed by atoms with van der Waals surface area (Å²) in [6.07, 6.45) is 3.92. The highest BCUT2D eigenvalue weighted by Gasteiger charge is 2.35. The largest absolute Gasteiger partial charge is 0.490 e. The van der Waals surface area contributed by atoms with Gasteiger partial charge in [-0.25, -0.2) is 9.82 Å². The van der Waals surface area contributed by atoms with Crippen molar-refractivity contribution < 1.29 is 23.5 Å². The van der Waals surface area contributed by atoms with Crippen molar-refractivity contribution in [3.8, 4) is 11.5 Å². The number of halogens is 2. The molecule has 1 fully saturated rings. The van der Waals surface area contributed by atoms with E-state index >= 15 is 0 Å². The Labute approximate surface area is 235 Å². The predicted octanol–water partition coefficient (Wildman–Crippen LogP) is 5.80. The molecule has 1 saturated heterocycles. The van der Waals surface area contributed by atoms with Gasteiger partial charge in [-0.2, -0.15) is 5.10 Å². The zero-order valence-corrected chi connectivity index (χ0v) is 23.1. The lowest BCUT2D eigenvalue weighted by molar-refractivity contribution is -0.126. The van der Waals surface area contributed by atoms with Gasteiger partial charge in [-0.3, -0.25) is 9.59 Å². The van der Waals surface area contributed by atoms with Gasteiger partial charge in [0.05, 0.1) is 18.7 Å². The lowest BCUT2D eigenvalue weighted by Crippen LogP contribution is -2.30. The van der Waals surface area contributed by atoms with Crippen LogP contribution in [0.4, 0.5) is 10.1 Å². The number of carbonyl (C=O) groups excluding carboxylic acids is 2. The number of hydrogen-bond acceptors (Lipinski definition) is 5. The molecule has 2 amide bonds. The van der Waals surface area contributed by atoms with Gasteiger partial charge in [-0.05, 0) is 73.0 Å². The fourth-order valence-electron chi connectivity index (χ4n) is 4.24. The van der Waals surface area contributed by atoms with E-state index in [4.69, 9.17) is 9.47 Å². The molecule has 202 valence electrons. The van der Waals surface area contributed by atoms with Crippen LogP contribution in [0, 0.1) is 11.7 Å². The van der Waals surface area contributed by atoms with Gasteiger partial charge in [-0.1, -0.05) is 34.1 Å². The monoisotopic (exact) mass is 593 g/mol.